The normalized spacial score (nSPS) is 10.8. The summed E-state index contributed by atoms with van der Waals surface area (Å²) in [5.41, 5.74) is 0.990. The second-order valence-corrected chi connectivity index (χ2v) is 5.36. The zero-order chi connectivity index (χ0) is 12.7. The highest BCUT2D eigenvalue weighted by molar-refractivity contribution is 7.09. The fourth-order valence-corrected chi connectivity index (χ4v) is 2.24. The molecule has 1 N–H and O–H groups in total. The first-order valence-corrected chi connectivity index (χ1v) is 6.78. The summed E-state index contributed by atoms with van der Waals surface area (Å²) in [5.74, 6) is 0.0733. The van der Waals surface area contributed by atoms with Gasteiger partial charge in [0.15, 0.2) is 0 Å². The van der Waals surface area contributed by atoms with Crippen molar-refractivity contribution in [1.82, 2.24) is 15.2 Å². The third-order valence-electron chi connectivity index (χ3n) is 2.33. The van der Waals surface area contributed by atoms with Crippen LogP contribution in [0.1, 0.15) is 23.5 Å². The lowest BCUT2D eigenvalue weighted by molar-refractivity contribution is -0.120. The SMILES string of the molecule is Cc1csc(CC(=O)NCCCCN(C)C)n1. The molecular weight excluding hydrogens is 234 g/mol. The lowest BCUT2D eigenvalue weighted by Crippen LogP contribution is -2.26. The smallest absolute Gasteiger partial charge is 0.226 e. The summed E-state index contributed by atoms with van der Waals surface area (Å²) in [4.78, 5) is 18.0. The molecule has 0 aliphatic rings. The summed E-state index contributed by atoms with van der Waals surface area (Å²) in [6.07, 6.45) is 2.55. The first-order chi connectivity index (χ1) is 8.08. The molecule has 0 atom stereocenters. The van der Waals surface area contributed by atoms with E-state index in [1.807, 2.05) is 12.3 Å². The number of hydrogen-bond donors (Lipinski definition) is 1. The first-order valence-electron chi connectivity index (χ1n) is 5.90. The van der Waals surface area contributed by atoms with Crippen LogP contribution in [0.15, 0.2) is 5.38 Å². The van der Waals surface area contributed by atoms with Crippen molar-refractivity contribution in [3.05, 3.63) is 16.1 Å². The van der Waals surface area contributed by atoms with E-state index in [0.29, 0.717) is 6.42 Å². The highest BCUT2D eigenvalue weighted by atomic mass is 32.1. The molecule has 1 aromatic heterocycles. The Morgan fingerprint density at radius 3 is 2.82 bits per heavy atom. The number of unbranched alkanes of at least 4 members (excludes halogenated alkanes) is 1. The van der Waals surface area contributed by atoms with Gasteiger partial charge in [0, 0.05) is 17.6 Å². The molecule has 1 amide bonds. The van der Waals surface area contributed by atoms with E-state index in [0.717, 1.165) is 36.6 Å². The fraction of sp³-hybridized carbons (Fsp3) is 0.667. The number of amides is 1. The highest BCUT2D eigenvalue weighted by Gasteiger charge is 2.05. The Kier molecular flexibility index (Phi) is 6.15. The fourth-order valence-electron chi connectivity index (χ4n) is 1.46. The monoisotopic (exact) mass is 255 g/mol. The molecule has 0 spiro atoms. The summed E-state index contributed by atoms with van der Waals surface area (Å²) in [6, 6.07) is 0. The van der Waals surface area contributed by atoms with Crippen LogP contribution < -0.4 is 5.32 Å². The third kappa shape index (κ3) is 6.38. The summed E-state index contributed by atoms with van der Waals surface area (Å²) in [6.45, 7) is 3.78. The number of nitrogens with one attached hydrogen (secondary N) is 1. The van der Waals surface area contributed by atoms with Gasteiger partial charge < -0.3 is 10.2 Å². The Hall–Kier alpha value is -0.940. The molecule has 0 bridgehead atoms. The number of carbonyl (C=O) groups excluding carboxylic acids is 1. The van der Waals surface area contributed by atoms with Crippen molar-refractivity contribution in [3.63, 3.8) is 0 Å². The highest BCUT2D eigenvalue weighted by Crippen LogP contribution is 2.08. The largest absolute Gasteiger partial charge is 0.356 e. The van der Waals surface area contributed by atoms with Crippen molar-refractivity contribution in [2.75, 3.05) is 27.2 Å². The van der Waals surface area contributed by atoms with Crippen LogP contribution in [0.2, 0.25) is 0 Å². The van der Waals surface area contributed by atoms with Gasteiger partial charge in [-0.15, -0.1) is 11.3 Å². The van der Waals surface area contributed by atoms with Crippen LogP contribution in [-0.2, 0) is 11.2 Å². The number of aryl methyl sites for hydroxylation is 1. The second kappa shape index (κ2) is 7.40. The quantitative estimate of drug-likeness (QED) is 0.750. The van der Waals surface area contributed by atoms with Gasteiger partial charge in [0.25, 0.3) is 0 Å². The molecule has 0 aliphatic carbocycles. The molecule has 96 valence electrons. The number of rotatable bonds is 7. The van der Waals surface area contributed by atoms with Gasteiger partial charge in [-0.2, -0.15) is 0 Å². The van der Waals surface area contributed by atoms with Crippen molar-refractivity contribution in [1.29, 1.82) is 0 Å². The van der Waals surface area contributed by atoms with Gasteiger partial charge in [-0.3, -0.25) is 4.79 Å². The molecule has 0 saturated heterocycles. The Morgan fingerprint density at radius 1 is 1.47 bits per heavy atom. The molecule has 0 fully saturated rings. The predicted molar refractivity (Wildman–Crippen MR) is 71.4 cm³/mol. The Balaban J connectivity index is 2.09. The lowest BCUT2D eigenvalue weighted by atomic mass is 10.3. The van der Waals surface area contributed by atoms with Crippen molar-refractivity contribution < 1.29 is 4.79 Å². The summed E-state index contributed by atoms with van der Waals surface area (Å²) < 4.78 is 0. The zero-order valence-electron chi connectivity index (χ0n) is 10.8. The molecule has 17 heavy (non-hydrogen) atoms. The average Bonchev–Trinajstić information content (AvgIpc) is 2.63. The molecule has 1 aromatic rings. The van der Waals surface area contributed by atoms with E-state index in [2.05, 4.69) is 29.3 Å². The van der Waals surface area contributed by atoms with Crippen LogP contribution in [0, 0.1) is 6.92 Å². The van der Waals surface area contributed by atoms with Crippen LogP contribution in [0.3, 0.4) is 0 Å². The summed E-state index contributed by atoms with van der Waals surface area (Å²) in [7, 11) is 4.12. The Labute approximate surface area is 107 Å². The minimum atomic E-state index is 0.0733. The standard InChI is InChI=1S/C12H21N3OS/c1-10-9-17-12(14-10)8-11(16)13-6-4-5-7-15(2)3/h9H,4-8H2,1-3H3,(H,13,16). The maximum absolute atomic E-state index is 11.6. The van der Waals surface area contributed by atoms with Crippen molar-refractivity contribution in [2.45, 2.75) is 26.2 Å². The summed E-state index contributed by atoms with van der Waals surface area (Å²) in [5, 5.41) is 5.79. The number of carbonyl (C=O) groups is 1. The van der Waals surface area contributed by atoms with Gasteiger partial charge in [0.1, 0.15) is 5.01 Å². The Bertz CT molecular complexity index is 349. The first kappa shape index (κ1) is 14.1. The molecular formula is C12H21N3OS. The van der Waals surface area contributed by atoms with Gasteiger partial charge in [-0.1, -0.05) is 0 Å². The number of aromatic nitrogens is 1. The van der Waals surface area contributed by atoms with Gasteiger partial charge in [-0.25, -0.2) is 4.98 Å². The predicted octanol–water partition coefficient (Wildman–Crippen LogP) is 1.45. The van der Waals surface area contributed by atoms with E-state index in [4.69, 9.17) is 0 Å². The zero-order valence-corrected chi connectivity index (χ0v) is 11.6. The minimum absolute atomic E-state index is 0.0733. The molecule has 1 rings (SSSR count). The van der Waals surface area contributed by atoms with E-state index in [1.165, 1.54) is 0 Å². The van der Waals surface area contributed by atoms with E-state index in [-0.39, 0.29) is 5.91 Å². The van der Waals surface area contributed by atoms with Crippen molar-refractivity contribution >= 4 is 17.2 Å². The van der Waals surface area contributed by atoms with Gasteiger partial charge >= 0.3 is 0 Å². The molecule has 0 saturated carbocycles. The topological polar surface area (TPSA) is 45.2 Å². The van der Waals surface area contributed by atoms with E-state index in [1.54, 1.807) is 11.3 Å². The van der Waals surface area contributed by atoms with Crippen LogP contribution in [-0.4, -0.2) is 43.0 Å². The van der Waals surface area contributed by atoms with E-state index in [9.17, 15) is 4.79 Å². The van der Waals surface area contributed by atoms with Crippen LogP contribution >= 0.6 is 11.3 Å². The van der Waals surface area contributed by atoms with Gasteiger partial charge in [0.05, 0.1) is 6.42 Å². The molecule has 1 heterocycles. The minimum Gasteiger partial charge on any atom is -0.356 e. The lowest BCUT2D eigenvalue weighted by Gasteiger charge is -2.09. The van der Waals surface area contributed by atoms with Gasteiger partial charge in [-0.05, 0) is 40.4 Å². The van der Waals surface area contributed by atoms with Crippen molar-refractivity contribution in [3.8, 4) is 0 Å². The second-order valence-electron chi connectivity index (χ2n) is 4.42. The molecule has 5 heteroatoms. The molecule has 0 unspecified atom stereocenters. The van der Waals surface area contributed by atoms with Crippen molar-refractivity contribution in [2.24, 2.45) is 0 Å². The summed E-state index contributed by atoms with van der Waals surface area (Å²) >= 11 is 1.55. The van der Waals surface area contributed by atoms with E-state index >= 15 is 0 Å². The van der Waals surface area contributed by atoms with Gasteiger partial charge in [0.2, 0.25) is 5.91 Å². The van der Waals surface area contributed by atoms with E-state index < -0.39 is 0 Å². The molecule has 0 aromatic carbocycles. The molecule has 4 nitrogen and oxygen atoms in total. The van der Waals surface area contributed by atoms with Crippen LogP contribution in [0.25, 0.3) is 0 Å². The number of nitrogens with zero attached hydrogens (tertiary/aromatic N) is 2. The molecule has 0 radical (unpaired) electrons. The average molecular weight is 255 g/mol. The third-order valence-corrected chi connectivity index (χ3v) is 3.30. The number of hydrogen-bond acceptors (Lipinski definition) is 4. The molecule has 0 aliphatic heterocycles. The van der Waals surface area contributed by atoms with Crippen LogP contribution in [0.5, 0.6) is 0 Å². The van der Waals surface area contributed by atoms with Crippen LogP contribution in [0.4, 0.5) is 0 Å². The maximum Gasteiger partial charge on any atom is 0.226 e. The maximum atomic E-state index is 11.6. The number of thiazole rings is 1. The Morgan fingerprint density at radius 2 is 2.24 bits per heavy atom.